The first-order valence-corrected chi connectivity index (χ1v) is 6.64. The summed E-state index contributed by atoms with van der Waals surface area (Å²) in [6.45, 7) is 2.48. The minimum absolute atomic E-state index is 0.0408. The van der Waals surface area contributed by atoms with Crippen molar-refractivity contribution < 1.29 is 17.9 Å². The molecule has 0 radical (unpaired) electrons. The predicted octanol–water partition coefficient (Wildman–Crippen LogP) is 5.04. The first-order chi connectivity index (χ1) is 9.72. The van der Waals surface area contributed by atoms with Crippen LogP contribution < -0.4 is 4.74 Å². The summed E-state index contributed by atoms with van der Waals surface area (Å²) in [4.78, 5) is 0. The van der Waals surface area contributed by atoms with Crippen molar-refractivity contribution in [2.45, 2.75) is 19.8 Å². The van der Waals surface area contributed by atoms with Crippen molar-refractivity contribution in [3.63, 3.8) is 0 Å². The van der Waals surface area contributed by atoms with E-state index in [4.69, 9.17) is 9.15 Å². The molecule has 0 aliphatic heterocycles. The lowest BCUT2D eigenvalue weighted by molar-refractivity contribution is 0.294. The Labute approximate surface area is 114 Å². The van der Waals surface area contributed by atoms with E-state index in [2.05, 4.69) is 0 Å². The summed E-state index contributed by atoms with van der Waals surface area (Å²) in [6, 6.07) is 7.84. The fourth-order valence-electron chi connectivity index (χ4n) is 2.21. The molecule has 0 N–H and O–H groups in total. The Hall–Kier alpha value is -2.10. The highest BCUT2D eigenvalue weighted by Crippen LogP contribution is 2.35. The molecule has 0 unspecified atom stereocenters. The monoisotopic (exact) mass is 276 g/mol. The highest BCUT2D eigenvalue weighted by molar-refractivity contribution is 6.05. The predicted molar refractivity (Wildman–Crippen MR) is 74.0 cm³/mol. The Morgan fingerprint density at radius 1 is 1.05 bits per heavy atom. The number of fused-ring (bicyclic) bond motifs is 3. The van der Waals surface area contributed by atoms with Crippen molar-refractivity contribution >= 4 is 21.9 Å². The Kier molecular flexibility index (Phi) is 3.30. The van der Waals surface area contributed by atoms with Crippen LogP contribution in [0, 0.1) is 11.6 Å². The van der Waals surface area contributed by atoms with Crippen LogP contribution in [0.1, 0.15) is 19.8 Å². The van der Waals surface area contributed by atoms with Gasteiger partial charge in [0.2, 0.25) is 5.82 Å². The van der Waals surface area contributed by atoms with E-state index in [-0.39, 0.29) is 16.9 Å². The van der Waals surface area contributed by atoms with Gasteiger partial charge in [0.05, 0.1) is 6.61 Å². The van der Waals surface area contributed by atoms with Crippen molar-refractivity contribution in [3.05, 3.63) is 42.0 Å². The second-order valence-corrected chi connectivity index (χ2v) is 4.67. The van der Waals surface area contributed by atoms with E-state index < -0.39 is 11.6 Å². The molecule has 3 rings (SSSR count). The lowest BCUT2D eigenvalue weighted by atomic mass is 10.1. The molecule has 2 nitrogen and oxygen atoms in total. The average Bonchev–Trinajstić information content (AvgIpc) is 2.83. The van der Waals surface area contributed by atoms with E-state index >= 15 is 0 Å². The summed E-state index contributed by atoms with van der Waals surface area (Å²) in [5, 5.41) is 1.12. The molecule has 0 aliphatic rings. The number of para-hydroxylation sites is 1. The molecule has 2 aromatic carbocycles. The van der Waals surface area contributed by atoms with Gasteiger partial charge in [0.1, 0.15) is 0 Å². The third kappa shape index (κ3) is 2.01. The Bertz CT molecular complexity index is 762. The zero-order valence-corrected chi connectivity index (χ0v) is 11.1. The van der Waals surface area contributed by atoms with Gasteiger partial charge >= 0.3 is 0 Å². The van der Waals surface area contributed by atoms with Crippen LogP contribution in [0.4, 0.5) is 8.78 Å². The fourth-order valence-corrected chi connectivity index (χ4v) is 2.21. The number of halogens is 2. The van der Waals surface area contributed by atoms with Gasteiger partial charge in [-0.15, -0.1) is 0 Å². The van der Waals surface area contributed by atoms with Crippen molar-refractivity contribution in [3.8, 4) is 5.75 Å². The third-order valence-corrected chi connectivity index (χ3v) is 3.28. The van der Waals surface area contributed by atoms with Crippen LogP contribution in [0.3, 0.4) is 0 Å². The van der Waals surface area contributed by atoms with E-state index in [9.17, 15) is 8.78 Å². The second-order valence-electron chi connectivity index (χ2n) is 4.67. The summed E-state index contributed by atoms with van der Waals surface area (Å²) < 4.78 is 38.7. The highest BCUT2D eigenvalue weighted by Gasteiger charge is 2.17. The summed E-state index contributed by atoms with van der Waals surface area (Å²) in [5.41, 5.74) is 0.117. The molecular formula is C16H14F2O2. The quantitative estimate of drug-likeness (QED) is 0.623. The molecule has 3 aromatic rings. The van der Waals surface area contributed by atoms with Crippen molar-refractivity contribution in [2.24, 2.45) is 0 Å². The molecule has 1 heterocycles. The van der Waals surface area contributed by atoms with E-state index in [1.54, 1.807) is 24.3 Å². The molecule has 0 fully saturated rings. The number of ether oxygens (including phenoxy) is 1. The maximum absolute atomic E-state index is 14.3. The highest BCUT2D eigenvalue weighted by atomic mass is 19.1. The topological polar surface area (TPSA) is 22.4 Å². The summed E-state index contributed by atoms with van der Waals surface area (Å²) in [5.74, 6) is -0.925. The summed E-state index contributed by atoms with van der Waals surface area (Å²) in [6.07, 6.45) is 1.83. The number of unbranched alkanes of at least 4 members (excludes halogenated alkanes) is 1. The normalized spacial score (nSPS) is 11.3. The lowest BCUT2D eigenvalue weighted by Gasteiger charge is -2.06. The maximum Gasteiger partial charge on any atom is 0.208 e. The third-order valence-electron chi connectivity index (χ3n) is 3.28. The van der Waals surface area contributed by atoms with Gasteiger partial charge in [0.25, 0.3) is 0 Å². The van der Waals surface area contributed by atoms with Gasteiger partial charge in [-0.3, -0.25) is 0 Å². The lowest BCUT2D eigenvalue weighted by Crippen LogP contribution is -1.98. The standard InChI is InChI=1S/C16H14F2O2/c1-2-3-9-19-13-8-7-11-10-5-4-6-12(17)15(10)20-16(11)14(13)18/h4-8H,2-3,9H2,1H3. The van der Waals surface area contributed by atoms with E-state index in [0.29, 0.717) is 17.4 Å². The maximum atomic E-state index is 14.3. The first-order valence-electron chi connectivity index (χ1n) is 6.64. The molecule has 1 aromatic heterocycles. The van der Waals surface area contributed by atoms with Gasteiger partial charge in [0, 0.05) is 10.8 Å². The molecule has 0 saturated carbocycles. The van der Waals surface area contributed by atoms with Crippen molar-refractivity contribution in [2.75, 3.05) is 6.61 Å². The van der Waals surface area contributed by atoms with E-state index in [1.807, 2.05) is 6.92 Å². The largest absolute Gasteiger partial charge is 0.490 e. The number of rotatable bonds is 4. The fraction of sp³-hybridized carbons (Fsp3) is 0.250. The summed E-state index contributed by atoms with van der Waals surface area (Å²) in [7, 11) is 0. The molecule has 0 amide bonds. The molecule has 0 saturated heterocycles. The van der Waals surface area contributed by atoms with Gasteiger partial charge < -0.3 is 9.15 Å². The molecule has 104 valence electrons. The molecule has 0 atom stereocenters. The molecular weight excluding hydrogens is 262 g/mol. The van der Waals surface area contributed by atoms with Gasteiger partial charge in [-0.2, -0.15) is 4.39 Å². The van der Waals surface area contributed by atoms with Crippen LogP contribution in [-0.2, 0) is 0 Å². The van der Waals surface area contributed by atoms with Crippen LogP contribution in [-0.4, -0.2) is 6.61 Å². The van der Waals surface area contributed by atoms with Gasteiger partial charge in [-0.05, 0) is 24.6 Å². The van der Waals surface area contributed by atoms with Crippen LogP contribution in [0.5, 0.6) is 5.75 Å². The zero-order valence-electron chi connectivity index (χ0n) is 11.1. The van der Waals surface area contributed by atoms with Crippen LogP contribution >= 0.6 is 0 Å². The zero-order chi connectivity index (χ0) is 14.1. The first kappa shape index (κ1) is 12.9. The van der Waals surface area contributed by atoms with Crippen molar-refractivity contribution in [1.82, 2.24) is 0 Å². The number of benzene rings is 2. The van der Waals surface area contributed by atoms with E-state index in [1.165, 1.54) is 6.07 Å². The smallest absolute Gasteiger partial charge is 0.208 e. The number of hydrogen-bond donors (Lipinski definition) is 0. The Morgan fingerprint density at radius 3 is 2.65 bits per heavy atom. The molecule has 0 spiro atoms. The Balaban J connectivity index is 2.13. The summed E-state index contributed by atoms with van der Waals surface area (Å²) >= 11 is 0. The SMILES string of the molecule is CCCCOc1ccc2c(oc3c(F)cccc32)c1F. The minimum atomic E-state index is -0.575. The Morgan fingerprint density at radius 2 is 1.85 bits per heavy atom. The van der Waals surface area contributed by atoms with Gasteiger partial charge in [-0.25, -0.2) is 4.39 Å². The van der Waals surface area contributed by atoms with Crippen LogP contribution in [0.15, 0.2) is 34.7 Å². The van der Waals surface area contributed by atoms with Crippen LogP contribution in [0.2, 0.25) is 0 Å². The average molecular weight is 276 g/mol. The second kappa shape index (κ2) is 5.12. The number of furan rings is 1. The molecule has 0 bridgehead atoms. The molecule has 4 heteroatoms. The van der Waals surface area contributed by atoms with Crippen LogP contribution in [0.25, 0.3) is 21.9 Å². The van der Waals surface area contributed by atoms with Gasteiger partial charge in [0.15, 0.2) is 22.7 Å². The van der Waals surface area contributed by atoms with E-state index in [0.717, 1.165) is 12.8 Å². The van der Waals surface area contributed by atoms with Crippen molar-refractivity contribution in [1.29, 1.82) is 0 Å². The minimum Gasteiger partial charge on any atom is -0.490 e. The van der Waals surface area contributed by atoms with Gasteiger partial charge in [-0.1, -0.05) is 25.5 Å². The molecule has 0 aliphatic carbocycles. The number of hydrogen-bond acceptors (Lipinski definition) is 2. The molecule has 20 heavy (non-hydrogen) atoms.